The summed E-state index contributed by atoms with van der Waals surface area (Å²) in [5.74, 6) is 2.52. The number of hydrogen-bond donors (Lipinski definition) is 2. The second kappa shape index (κ2) is 7.21. The van der Waals surface area contributed by atoms with Crippen LogP contribution in [0.2, 0.25) is 0 Å². The summed E-state index contributed by atoms with van der Waals surface area (Å²) in [6.07, 6.45) is 8.19. The minimum Gasteiger partial charge on any atom is -0.385 e. The van der Waals surface area contributed by atoms with Crippen molar-refractivity contribution >= 4 is 5.82 Å². The molecular formula is C19H22N6O. The van der Waals surface area contributed by atoms with Gasteiger partial charge in [-0.25, -0.2) is 15.0 Å². The average molecular weight is 350 g/mol. The summed E-state index contributed by atoms with van der Waals surface area (Å²) in [6.45, 7) is 3.70. The van der Waals surface area contributed by atoms with Gasteiger partial charge in [-0.05, 0) is 37.8 Å². The van der Waals surface area contributed by atoms with Crippen LogP contribution in [0.4, 0.5) is 5.82 Å². The Labute approximate surface area is 152 Å². The largest absolute Gasteiger partial charge is 0.385 e. The summed E-state index contributed by atoms with van der Waals surface area (Å²) in [4.78, 5) is 22.8. The van der Waals surface area contributed by atoms with E-state index in [1.165, 1.54) is 0 Å². The van der Waals surface area contributed by atoms with Crippen molar-refractivity contribution in [1.29, 1.82) is 0 Å². The number of rotatable bonds is 4. The number of imidazole rings is 1. The Balaban J connectivity index is 1.48. The molecule has 0 aliphatic carbocycles. The Bertz CT molecular complexity index is 844. The summed E-state index contributed by atoms with van der Waals surface area (Å²) in [7, 11) is 0. The van der Waals surface area contributed by atoms with E-state index in [2.05, 4.69) is 24.8 Å². The molecule has 0 bridgehead atoms. The van der Waals surface area contributed by atoms with E-state index in [4.69, 9.17) is 4.98 Å². The van der Waals surface area contributed by atoms with Crippen molar-refractivity contribution in [2.24, 2.45) is 5.92 Å². The zero-order chi connectivity index (χ0) is 17.9. The fourth-order valence-electron chi connectivity index (χ4n) is 3.45. The fraction of sp³-hybridized carbons (Fsp3) is 0.368. The minimum atomic E-state index is -0.535. The average Bonchev–Trinajstić information content (AvgIpc) is 3.22. The van der Waals surface area contributed by atoms with E-state index >= 15 is 0 Å². The van der Waals surface area contributed by atoms with Crippen LogP contribution in [0.3, 0.4) is 0 Å². The highest BCUT2D eigenvalue weighted by Gasteiger charge is 2.28. The molecule has 1 aliphatic rings. The highest BCUT2D eigenvalue weighted by Crippen LogP contribution is 2.31. The van der Waals surface area contributed by atoms with E-state index in [0.29, 0.717) is 5.82 Å². The van der Waals surface area contributed by atoms with Crippen LogP contribution in [0.15, 0.2) is 43.0 Å². The van der Waals surface area contributed by atoms with E-state index in [-0.39, 0.29) is 5.92 Å². The van der Waals surface area contributed by atoms with Crippen molar-refractivity contribution < 1.29 is 5.11 Å². The number of aliphatic hydroxyl groups is 1. The maximum Gasteiger partial charge on any atom is 0.161 e. The first kappa shape index (κ1) is 16.7. The van der Waals surface area contributed by atoms with E-state index in [0.717, 1.165) is 48.8 Å². The van der Waals surface area contributed by atoms with Gasteiger partial charge < -0.3 is 15.0 Å². The number of aromatic nitrogens is 5. The normalized spacial score (nSPS) is 16.6. The summed E-state index contributed by atoms with van der Waals surface area (Å²) in [6, 6.07) is 5.86. The van der Waals surface area contributed by atoms with Crippen molar-refractivity contribution in [3.8, 4) is 11.4 Å². The van der Waals surface area contributed by atoms with Gasteiger partial charge in [-0.15, -0.1) is 0 Å². The second-order valence-corrected chi connectivity index (χ2v) is 6.67. The van der Waals surface area contributed by atoms with E-state index in [1.54, 1.807) is 24.8 Å². The first-order valence-electron chi connectivity index (χ1n) is 8.89. The third-order valence-corrected chi connectivity index (χ3v) is 4.89. The predicted octanol–water partition coefficient (Wildman–Crippen LogP) is 2.52. The molecule has 1 aliphatic heterocycles. The molecule has 3 aromatic rings. The molecule has 0 aromatic carbocycles. The first-order chi connectivity index (χ1) is 12.7. The van der Waals surface area contributed by atoms with Crippen LogP contribution in [0.1, 0.15) is 30.5 Å². The summed E-state index contributed by atoms with van der Waals surface area (Å²) < 4.78 is 0. The quantitative estimate of drug-likeness (QED) is 0.751. The van der Waals surface area contributed by atoms with Crippen LogP contribution in [0, 0.1) is 12.8 Å². The van der Waals surface area contributed by atoms with Crippen molar-refractivity contribution in [2.75, 3.05) is 18.0 Å². The van der Waals surface area contributed by atoms with Gasteiger partial charge in [-0.1, -0.05) is 0 Å². The minimum absolute atomic E-state index is 0.208. The Morgan fingerprint density at radius 2 is 1.92 bits per heavy atom. The van der Waals surface area contributed by atoms with Crippen LogP contribution < -0.4 is 4.90 Å². The fourth-order valence-corrected chi connectivity index (χ4v) is 3.45. The molecule has 0 spiro atoms. The molecule has 1 atom stereocenters. The van der Waals surface area contributed by atoms with Gasteiger partial charge in [0.05, 0.1) is 0 Å². The number of aryl methyl sites for hydroxylation is 1. The molecule has 26 heavy (non-hydrogen) atoms. The number of pyridine rings is 1. The van der Waals surface area contributed by atoms with Gasteiger partial charge in [0.25, 0.3) is 0 Å². The molecule has 7 heteroatoms. The third kappa shape index (κ3) is 3.43. The van der Waals surface area contributed by atoms with Crippen molar-refractivity contribution in [1.82, 2.24) is 24.9 Å². The van der Waals surface area contributed by atoms with Crippen LogP contribution in [0.5, 0.6) is 0 Å². The first-order valence-corrected chi connectivity index (χ1v) is 8.89. The molecule has 3 aromatic heterocycles. The Kier molecular flexibility index (Phi) is 4.62. The standard InChI is InChI=1S/C19H22N6O/c1-13-12-16(24-18(23-13)15-2-6-20-7-3-15)25-10-4-14(5-11-25)17(26)19-21-8-9-22-19/h2-3,6-9,12,14,17,26H,4-5,10-11H2,1H3,(H,21,22). The van der Waals surface area contributed by atoms with Gasteiger partial charge in [0.1, 0.15) is 17.7 Å². The molecule has 4 heterocycles. The number of nitrogens with zero attached hydrogens (tertiary/aromatic N) is 5. The van der Waals surface area contributed by atoms with Crippen molar-refractivity contribution in [3.63, 3.8) is 0 Å². The smallest absolute Gasteiger partial charge is 0.161 e. The number of anilines is 1. The Morgan fingerprint density at radius 3 is 2.62 bits per heavy atom. The van der Waals surface area contributed by atoms with Crippen molar-refractivity contribution in [2.45, 2.75) is 25.9 Å². The second-order valence-electron chi connectivity index (χ2n) is 6.67. The number of aliphatic hydroxyl groups excluding tert-OH is 1. The molecule has 4 rings (SSSR count). The molecule has 1 unspecified atom stereocenters. The molecule has 7 nitrogen and oxygen atoms in total. The van der Waals surface area contributed by atoms with E-state index in [1.807, 2.05) is 25.1 Å². The molecule has 0 radical (unpaired) electrons. The number of hydrogen-bond acceptors (Lipinski definition) is 6. The van der Waals surface area contributed by atoms with E-state index < -0.39 is 6.10 Å². The van der Waals surface area contributed by atoms with Gasteiger partial charge in [0.15, 0.2) is 5.82 Å². The van der Waals surface area contributed by atoms with Crippen LogP contribution >= 0.6 is 0 Å². The lowest BCUT2D eigenvalue weighted by atomic mass is 9.91. The molecule has 1 fully saturated rings. The maximum atomic E-state index is 10.5. The van der Waals surface area contributed by atoms with Crippen LogP contribution in [-0.4, -0.2) is 43.1 Å². The topological polar surface area (TPSA) is 90.8 Å². The lowest BCUT2D eigenvalue weighted by molar-refractivity contribution is 0.0856. The van der Waals surface area contributed by atoms with Gasteiger partial charge in [-0.2, -0.15) is 0 Å². The summed E-state index contributed by atoms with van der Waals surface area (Å²) in [5.41, 5.74) is 1.91. The molecule has 134 valence electrons. The SMILES string of the molecule is Cc1cc(N2CCC(C(O)c3ncc[nH]3)CC2)nc(-c2ccncc2)n1. The van der Waals surface area contributed by atoms with Gasteiger partial charge >= 0.3 is 0 Å². The predicted molar refractivity (Wildman–Crippen MR) is 98.5 cm³/mol. The number of H-pyrrole nitrogens is 1. The molecule has 0 amide bonds. The zero-order valence-electron chi connectivity index (χ0n) is 14.7. The van der Waals surface area contributed by atoms with Crippen LogP contribution in [-0.2, 0) is 0 Å². The number of piperidine rings is 1. The monoisotopic (exact) mass is 350 g/mol. The molecule has 1 saturated heterocycles. The lowest BCUT2D eigenvalue weighted by Crippen LogP contribution is -2.36. The maximum absolute atomic E-state index is 10.5. The van der Waals surface area contributed by atoms with Gasteiger partial charge in [0.2, 0.25) is 0 Å². The highest BCUT2D eigenvalue weighted by molar-refractivity contribution is 5.57. The highest BCUT2D eigenvalue weighted by atomic mass is 16.3. The summed E-state index contributed by atoms with van der Waals surface area (Å²) >= 11 is 0. The lowest BCUT2D eigenvalue weighted by Gasteiger charge is -2.34. The Morgan fingerprint density at radius 1 is 1.15 bits per heavy atom. The molecular weight excluding hydrogens is 328 g/mol. The zero-order valence-corrected chi connectivity index (χ0v) is 14.7. The Hall–Kier alpha value is -2.80. The summed E-state index contributed by atoms with van der Waals surface area (Å²) in [5, 5.41) is 10.5. The number of aromatic amines is 1. The number of nitrogens with one attached hydrogen (secondary N) is 1. The van der Waals surface area contributed by atoms with Crippen molar-refractivity contribution in [3.05, 3.63) is 54.5 Å². The molecule has 2 N–H and O–H groups in total. The van der Waals surface area contributed by atoms with Gasteiger partial charge in [0, 0.05) is 55.2 Å². The third-order valence-electron chi connectivity index (χ3n) is 4.89. The van der Waals surface area contributed by atoms with Gasteiger partial charge in [-0.3, -0.25) is 4.98 Å². The van der Waals surface area contributed by atoms with Crippen LogP contribution in [0.25, 0.3) is 11.4 Å². The molecule has 0 saturated carbocycles. The van der Waals surface area contributed by atoms with E-state index in [9.17, 15) is 5.11 Å².